The third-order valence-electron chi connectivity index (χ3n) is 3.97. The molecule has 0 aliphatic heterocycles. The van der Waals surface area contributed by atoms with Crippen molar-refractivity contribution in [3.8, 4) is 5.75 Å². The lowest BCUT2D eigenvalue weighted by atomic mass is 10.1. The first kappa shape index (κ1) is 18.5. The highest BCUT2D eigenvalue weighted by Gasteiger charge is 2.19. The van der Waals surface area contributed by atoms with Crippen LogP contribution in [0.25, 0.3) is 0 Å². The van der Waals surface area contributed by atoms with Gasteiger partial charge in [-0.05, 0) is 61.7 Å². The van der Waals surface area contributed by atoms with Crippen LogP contribution in [-0.2, 0) is 9.53 Å². The van der Waals surface area contributed by atoms with Gasteiger partial charge >= 0.3 is 5.97 Å². The van der Waals surface area contributed by atoms with E-state index in [9.17, 15) is 9.59 Å². The fourth-order valence-corrected chi connectivity index (χ4v) is 2.34. The molecule has 0 heterocycles. The minimum Gasteiger partial charge on any atom is -0.481 e. The number of carbonyl (C=O) groups is 2. The second-order valence-corrected chi connectivity index (χ2v) is 5.82. The molecule has 5 heteroatoms. The third-order valence-corrected chi connectivity index (χ3v) is 3.97. The van der Waals surface area contributed by atoms with Gasteiger partial charge in [-0.15, -0.1) is 0 Å². The first-order chi connectivity index (χ1) is 11.9. The molecule has 5 nitrogen and oxygen atoms in total. The summed E-state index contributed by atoms with van der Waals surface area (Å²) in [4.78, 5) is 24.1. The quantitative estimate of drug-likeness (QED) is 0.810. The number of hydrogen-bond acceptors (Lipinski definition) is 4. The Bertz CT molecular complexity index is 770. The van der Waals surface area contributed by atoms with Crippen molar-refractivity contribution in [3.05, 3.63) is 59.2 Å². The number of amides is 1. The molecule has 0 aliphatic carbocycles. The van der Waals surface area contributed by atoms with E-state index in [1.54, 1.807) is 24.3 Å². The van der Waals surface area contributed by atoms with Crippen LogP contribution in [0, 0.1) is 13.8 Å². The van der Waals surface area contributed by atoms with E-state index in [4.69, 9.17) is 4.74 Å². The lowest BCUT2D eigenvalue weighted by molar-refractivity contribution is -0.122. The summed E-state index contributed by atoms with van der Waals surface area (Å²) in [6.45, 7) is 5.91. The predicted octanol–water partition coefficient (Wildman–Crippen LogP) is 3.89. The summed E-state index contributed by atoms with van der Waals surface area (Å²) in [6, 6.07) is 12.4. The zero-order valence-corrected chi connectivity index (χ0v) is 15.0. The van der Waals surface area contributed by atoms with E-state index < -0.39 is 12.1 Å². The van der Waals surface area contributed by atoms with Gasteiger partial charge in [0.25, 0.3) is 5.91 Å². The van der Waals surface area contributed by atoms with Crippen molar-refractivity contribution in [2.45, 2.75) is 33.3 Å². The van der Waals surface area contributed by atoms with E-state index in [-0.39, 0.29) is 5.91 Å². The number of carbonyl (C=O) groups excluding carboxylic acids is 2. The van der Waals surface area contributed by atoms with Gasteiger partial charge in [-0.25, -0.2) is 4.79 Å². The number of rotatable bonds is 6. The van der Waals surface area contributed by atoms with Crippen LogP contribution in [-0.4, -0.2) is 25.1 Å². The fraction of sp³-hybridized carbons (Fsp3) is 0.300. The average Bonchev–Trinajstić information content (AvgIpc) is 2.62. The molecule has 0 aromatic heterocycles. The average molecular weight is 341 g/mol. The largest absolute Gasteiger partial charge is 0.481 e. The van der Waals surface area contributed by atoms with E-state index in [1.165, 1.54) is 12.7 Å². The summed E-state index contributed by atoms with van der Waals surface area (Å²) in [6.07, 6.45) is -0.0981. The second kappa shape index (κ2) is 8.33. The zero-order chi connectivity index (χ0) is 18.4. The van der Waals surface area contributed by atoms with Gasteiger partial charge in [0.1, 0.15) is 5.75 Å². The number of esters is 1. The molecular weight excluding hydrogens is 318 g/mol. The lowest BCUT2D eigenvalue weighted by Gasteiger charge is -2.18. The Morgan fingerprint density at radius 2 is 1.84 bits per heavy atom. The molecule has 1 N–H and O–H groups in total. The van der Waals surface area contributed by atoms with Crippen LogP contribution >= 0.6 is 0 Å². The number of aryl methyl sites for hydroxylation is 2. The smallest absolute Gasteiger partial charge is 0.337 e. The van der Waals surface area contributed by atoms with Crippen LogP contribution in [0.2, 0.25) is 0 Å². The summed E-state index contributed by atoms with van der Waals surface area (Å²) in [7, 11) is 1.32. The minimum absolute atomic E-state index is 0.261. The molecular formula is C20H23NO4. The molecule has 0 bridgehead atoms. The maximum absolute atomic E-state index is 12.5. The number of hydrogen-bond donors (Lipinski definition) is 1. The number of benzene rings is 2. The van der Waals surface area contributed by atoms with Gasteiger partial charge in [0, 0.05) is 5.69 Å². The minimum atomic E-state index is -0.621. The highest BCUT2D eigenvalue weighted by atomic mass is 16.5. The van der Waals surface area contributed by atoms with Crippen molar-refractivity contribution in [2.75, 3.05) is 12.4 Å². The van der Waals surface area contributed by atoms with Gasteiger partial charge in [-0.3, -0.25) is 4.79 Å². The lowest BCUT2D eigenvalue weighted by Crippen LogP contribution is -2.32. The van der Waals surface area contributed by atoms with Gasteiger partial charge < -0.3 is 14.8 Å². The van der Waals surface area contributed by atoms with Crippen molar-refractivity contribution in [2.24, 2.45) is 0 Å². The van der Waals surface area contributed by atoms with E-state index in [0.717, 1.165) is 5.56 Å². The zero-order valence-electron chi connectivity index (χ0n) is 15.0. The Kier molecular flexibility index (Phi) is 6.17. The van der Waals surface area contributed by atoms with Crippen LogP contribution in [0.15, 0.2) is 42.5 Å². The van der Waals surface area contributed by atoms with Crippen molar-refractivity contribution in [3.63, 3.8) is 0 Å². The Morgan fingerprint density at radius 3 is 2.48 bits per heavy atom. The number of nitrogens with one attached hydrogen (secondary N) is 1. The van der Waals surface area contributed by atoms with Crippen LogP contribution in [0.3, 0.4) is 0 Å². The first-order valence-corrected chi connectivity index (χ1v) is 8.17. The molecule has 25 heavy (non-hydrogen) atoms. The standard InChI is InChI=1S/C20H23NO4/c1-5-18(25-17-10-9-13(2)14(3)11-17)19(22)21-16-8-6-7-15(12-16)20(23)24-4/h6-12,18H,5H2,1-4H3,(H,21,22)/t18-/m0/s1. The summed E-state index contributed by atoms with van der Waals surface area (Å²) in [5, 5.41) is 2.79. The summed E-state index contributed by atoms with van der Waals surface area (Å²) in [5.74, 6) is -0.0503. The molecule has 0 saturated heterocycles. The molecule has 1 atom stereocenters. The van der Waals surface area contributed by atoms with Crippen LogP contribution < -0.4 is 10.1 Å². The van der Waals surface area contributed by atoms with E-state index in [2.05, 4.69) is 10.1 Å². The molecule has 0 fully saturated rings. The highest BCUT2D eigenvalue weighted by Crippen LogP contribution is 2.19. The monoisotopic (exact) mass is 341 g/mol. The number of methoxy groups -OCH3 is 1. The van der Waals surface area contributed by atoms with Gasteiger partial charge in [-0.2, -0.15) is 0 Å². The van der Waals surface area contributed by atoms with Crippen LogP contribution in [0.4, 0.5) is 5.69 Å². The Hall–Kier alpha value is -2.82. The molecule has 0 aliphatic rings. The highest BCUT2D eigenvalue weighted by molar-refractivity contribution is 5.96. The van der Waals surface area contributed by atoms with Gasteiger partial charge in [0.05, 0.1) is 12.7 Å². The first-order valence-electron chi connectivity index (χ1n) is 8.17. The maximum atomic E-state index is 12.5. The molecule has 0 saturated carbocycles. The second-order valence-electron chi connectivity index (χ2n) is 5.82. The molecule has 132 valence electrons. The summed E-state index contributed by atoms with van der Waals surface area (Å²) in [5.41, 5.74) is 3.18. The third kappa shape index (κ3) is 4.83. The Labute approximate surface area is 148 Å². The van der Waals surface area contributed by atoms with Crippen molar-refractivity contribution in [1.29, 1.82) is 0 Å². The van der Waals surface area contributed by atoms with Crippen molar-refractivity contribution >= 4 is 17.6 Å². The van der Waals surface area contributed by atoms with E-state index >= 15 is 0 Å². The van der Waals surface area contributed by atoms with Gasteiger partial charge in [0.15, 0.2) is 6.10 Å². The van der Waals surface area contributed by atoms with Gasteiger partial charge in [-0.1, -0.05) is 19.1 Å². The molecule has 2 aromatic carbocycles. The Balaban J connectivity index is 2.09. The topological polar surface area (TPSA) is 64.6 Å². The number of anilines is 1. The molecule has 0 radical (unpaired) electrons. The van der Waals surface area contributed by atoms with Crippen LogP contribution in [0.1, 0.15) is 34.8 Å². The Morgan fingerprint density at radius 1 is 1.08 bits per heavy atom. The molecule has 2 rings (SSSR count). The van der Waals surface area contributed by atoms with Gasteiger partial charge in [0.2, 0.25) is 0 Å². The normalized spacial score (nSPS) is 11.5. The maximum Gasteiger partial charge on any atom is 0.337 e. The molecule has 1 amide bonds. The van der Waals surface area contributed by atoms with Crippen molar-refractivity contribution < 1.29 is 19.1 Å². The SMILES string of the molecule is CC[C@H](Oc1ccc(C)c(C)c1)C(=O)Nc1cccc(C(=O)OC)c1. The molecule has 0 spiro atoms. The van der Waals surface area contributed by atoms with E-state index in [1.807, 2.05) is 39.0 Å². The van der Waals surface area contributed by atoms with E-state index in [0.29, 0.717) is 23.4 Å². The predicted molar refractivity (Wildman–Crippen MR) is 97.0 cm³/mol. The fourth-order valence-electron chi connectivity index (χ4n) is 2.34. The summed E-state index contributed by atoms with van der Waals surface area (Å²) >= 11 is 0. The molecule has 2 aromatic rings. The number of ether oxygens (including phenoxy) is 2. The molecule has 0 unspecified atom stereocenters. The van der Waals surface area contributed by atoms with Crippen molar-refractivity contribution in [1.82, 2.24) is 0 Å². The summed E-state index contributed by atoms with van der Waals surface area (Å²) < 4.78 is 10.5. The van der Waals surface area contributed by atoms with Crippen LogP contribution in [0.5, 0.6) is 5.75 Å².